The molecule has 0 bridgehead atoms. The van der Waals surface area contributed by atoms with Crippen molar-refractivity contribution in [3.63, 3.8) is 0 Å². The molecule has 2 nitrogen and oxygen atoms in total. The van der Waals surface area contributed by atoms with Gasteiger partial charge in [0.2, 0.25) is 0 Å². The van der Waals surface area contributed by atoms with Gasteiger partial charge in [-0.2, -0.15) is 0 Å². The topological polar surface area (TPSA) is 26.3 Å². The molecule has 1 saturated carbocycles. The summed E-state index contributed by atoms with van der Waals surface area (Å²) in [4.78, 5) is 13.0. The lowest BCUT2D eigenvalue weighted by atomic mass is 9.91. The van der Waals surface area contributed by atoms with Crippen molar-refractivity contribution in [2.75, 3.05) is 6.61 Å². The number of benzene rings is 2. The minimum absolute atomic E-state index is 0.0548. The zero-order valence-electron chi connectivity index (χ0n) is 14.8. The van der Waals surface area contributed by atoms with Gasteiger partial charge in [0.05, 0.1) is 6.61 Å². The van der Waals surface area contributed by atoms with Crippen LogP contribution in [0.3, 0.4) is 0 Å². The van der Waals surface area contributed by atoms with Crippen molar-refractivity contribution >= 4 is 14.0 Å². The van der Waals surface area contributed by atoms with Crippen molar-refractivity contribution in [2.24, 2.45) is 0 Å². The highest BCUT2D eigenvalue weighted by atomic mass is 28.3. The summed E-state index contributed by atoms with van der Waals surface area (Å²) in [7, 11) is -1.20. The van der Waals surface area contributed by atoms with Crippen LogP contribution in [0.1, 0.15) is 23.5 Å². The summed E-state index contributed by atoms with van der Waals surface area (Å²) in [6, 6.07) is 21.5. The SMILES string of the molecule is C[Si](C)(C)CCOC(=O)[C@]1(c2ccccc2)C[C@H]1c1ccccc1. The fourth-order valence-corrected chi connectivity index (χ4v) is 4.04. The Balaban J connectivity index is 1.81. The van der Waals surface area contributed by atoms with Crippen LogP contribution in [0.4, 0.5) is 0 Å². The molecule has 2 atom stereocenters. The predicted octanol–water partition coefficient (Wildman–Crippen LogP) is 4.99. The van der Waals surface area contributed by atoms with E-state index in [1.165, 1.54) is 5.56 Å². The van der Waals surface area contributed by atoms with E-state index in [2.05, 4.69) is 43.9 Å². The van der Waals surface area contributed by atoms with Crippen molar-refractivity contribution in [3.05, 3.63) is 71.8 Å². The average molecular weight is 339 g/mol. The second-order valence-corrected chi connectivity index (χ2v) is 13.6. The molecule has 0 aliphatic heterocycles. The monoisotopic (exact) mass is 338 g/mol. The van der Waals surface area contributed by atoms with Crippen LogP contribution < -0.4 is 0 Å². The lowest BCUT2D eigenvalue weighted by Crippen LogP contribution is -2.28. The fraction of sp³-hybridized carbons (Fsp3) is 0.381. The second-order valence-electron chi connectivity index (χ2n) is 7.95. The highest BCUT2D eigenvalue weighted by Gasteiger charge is 2.62. The highest BCUT2D eigenvalue weighted by Crippen LogP contribution is 2.61. The van der Waals surface area contributed by atoms with E-state index in [0.717, 1.165) is 18.0 Å². The van der Waals surface area contributed by atoms with Crippen LogP contribution in [0.15, 0.2) is 60.7 Å². The third-order valence-electron chi connectivity index (χ3n) is 4.90. The lowest BCUT2D eigenvalue weighted by Gasteiger charge is -2.20. The summed E-state index contributed by atoms with van der Waals surface area (Å²) in [6.45, 7) is 7.46. The number of ether oxygens (including phenoxy) is 1. The van der Waals surface area contributed by atoms with Crippen LogP contribution in [-0.4, -0.2) is 20.7 Å². The van der Waals surface area contributed by atoms with Gasteiger partial charge in [-0.1, -0.05) is 80.3 Å². The van der Waals surface area contributed by atoms with Gasteiger partial charge < -0.3 is 4.74 Å². The van der Waals surface area contributed by atoms with Crippen molar-refractivity contribution < 1.29 is 9.53 Å². The normalized spacial score (nSPS) is 22.9. The minimum atomic E-state index is -1.20. The quantitative estimate of drug-likeness (QED) is 0.548. The molecule has 0 amide bonds. The summed E-state index contributed by atoms with van der Waals surface area (Å²) in [5, 5.41) is 0. The maximum absolute atomic E-state index is 13.0. The van der Waals surface area contributed by atoms with E-state index in [4.69, 9.17) is 4.74 Å². The summed E-state index contributed by atoms with van der Waals surface area (Å²) >= 11 is 0. The van der Waals surface area contributed by atoms with E-state index in [9.17, 15) is 4.79 Å². The number of hydrogen-bond acceptors (Lipinski definition) is 2. The molecule has 0 aromatic heterocycles. The van der Waals surface area contributed by atoms with Crippen LogP contribution in [0, 0.1) is 0 Å². The van der Waals surface area contributed by atoms with Gasteiger partial charge in [-0.3, -0.25) is 4.79 Å². The molecule has 24 heavy (non-hydrogen) atoms. The highest BCUT2D eigenvalue weighted by molar-refractivity contribution is 6.76. The van der Waals surface area contributed by atoms with Gasteiger partial charge in [0.15, 0.2) is 0 Å². The van der Waals surface area contributed by atoms with Crippen LogP contribution >= 0.6 is 0 Å². The molecule has 126 valence electrons. The van der Waals surface area contributed by atoms with Gasteiger partial charge in [0.25, 0.3) is 0 Å². The number of carbonyl (C=O) groups is 1. The van der Waals surface area contributed by atoms with Crippen molar-refractivity contribution in [2.45, 2.75) is 43.4 Å². The predicted molar refractivity (Wildman–Crippen MR) is 101 cm³/mol. The zero-order chi connectivity index (χ0) is 17.2. The largest absolute Gasteiger partial charge is 0.465 e. The van der Waals surface area contributed by atoms with Gasteiger partial charge in [0.1, 0.15) is 5.41 Å². The molecule has 1 aliphatic rings. The van der Waals surface area contributed by atoms with E-state index >= 15 is 0 Å². The van der Waals surface area contributed by atoms with Gasteiger partial charge in [-0.25, -0.2) is 0 Å². The first kappa shape index (κ1) is 17.0. The first-order chi connectivity index (χ1) is 11.4. The molecule has 0 saturated heterocycles. The molecule has 3 heteroatoms. The molecule has 0 heterocycles. The maximum atomic E-state index is 13.0. The van der Waals surface area contributed by atoms with E-state index in [1.807, 2.05) is 36.4 Å². The summed E-state index contributed by atoms with van der Waals surface area (Å²) in [5.74, 6) is 0.168. The Morgan fingerprint density at radius 2 is 1.62 bits per heavy atom. The molecule has 2 aromatic carbocycles. The average Bonchev–Trinajstić information content (AvgIpc) is 3.32. The maximum Gasteiger partial charge on any atom is 0.317 e. The first-order valence-electron chi connectivity index (χ1n) is 8.71. The molecular formula is C21H26O2Si. The first-order valence-corrected chi connectivity index (χ1v) is 12.4. The number of carbonyl (C=O) groups excluding carboxylic acids is 1. The molecule has 0 radical (unpaired) electrons. The van der Waals surface area contributed by atoms with E-state index in [-0.39, 0.29) is 11.9 Å². The van der Waals surface area contributed by atoms with Gasteiger partial charge >= 0.3 is 5.97 Å². The lowest BCUT2D eigenvalue weighted by molar-refractivity contribution is -0.146. The third kappa shape index (κ3) is 3.46. The van der Waals surface area contributed by atoms with Crippen LogP contribution in [0.2, 0.25) is 25.7 Å². The van der Waals surface area contributed by atoms with Crippen molar-refractivity contribution in [1.29, 1.82) is 0 Å². The van der Waals surface area contributed by atoms with E-state index < -0.39 is 13.5 Å². The van der Waals surface area contributed by atoms with Crippen LogP contribution in [-0.2, 0) is 14.9 Å². The Morgan fingerprint density at radius 3 is 2.21 bits per heavy atom. The molecule has 0 unspecified atom stereocenters. The Labute approximate surface area is 145 Å². The van der Waals surface area contributed by atoms with Crippen molar-refractivity contribution in [3.8, 4) is 0 Å². The molecule has 3 rings (SSSR count). The molecular weight excluding hydrogens is 312 g/mol. The smallest absolute Gasteiger partial charge is 0.317 e. The van der Waals surface area contributed by atoms with E-state index in [1.54, 1.807) is 0 Å². The van der Waals surface area contributed by atoms with Crippen LogP contribution in [0.25, 0.3) is 0 Å². The van der Waals surface area contributed by atoms with Gasteiger partial charge in [0, 0.05) is 14.0 Å². The van der Waals surface area contributed by atoms with Crippen LogP contribution in [0.5, 0.6) is 0 Å². The standard InChI is InChI=1S/C21H26O2Si/c1-24(2,3)15-14-23-20(22)21(18-12-8-5-9-13-18)16-19(21)17-10-6-4-7-11-17/h4-13,19H,14-16H2,1-3H3/t19-,21-/m0/s1. The summed E-state index contributed by atoms with van der Waals surface area (Å²) in [5.41, 5.74) is 1.81. The minimum Gasteiger partial charge on any atom is -0.465 e. The second kappa shape index (κ2) is 6.56. The zero-order valence-corrected chi connectivity index (χ0v) is 15.8. The third-order valence-corrected chi connectivity index (χ3v) is 6.61. The molecule has 0 N–H and O–H groups in total. The number of hydrogen-bond donors (Lipinski definition) is 0. The summed E-state index contributed by atoms with van der Waals surface area (Å²) < 4.78 is 5.75. The molecule has 0 spiro atoms. The number of esters is 1. The van der Waals surface area contributed by atoms with Gasteiger partial charge in [-0.05, 0) is 23.6 Å². The Hall–Kier alpha value is -1.87. The van der Waals surface area contributed by atoms with E-state index in [0.29, 0.717) is 6.61 Å². The summed E-state index contributed by atoms with van der Waals surface area (Å²) in [6.07, 6.45) is 0.840. The Bertz CT molecular complexity index is 691. The Morgan fingerprint density at radius 1 is 1.04 bits per heavy atom. The fourth-order valence-electron chi connectivity index (χ4n) is 3.33. The van der Waals surface area contributed by atoms with Gasteiger partial charge in [-0.15, -0.1) is 0 Å². The molecule has 1 aliphatic carbocycles. The molecule has 1 fully saturated rings. The molecule has 2 aromatic rings. The van der Waals surface area contributed by atoms with Crippen molar-refractivity contribution in [1.82, 2.24) is 0 Å². The number of rotatable bonds is 6. The Kier molecular flexibility index (Phi) is 4.64.